The Morgan fingerprint density at radius 2 is 2.31 bits per heavy atom. The van der Waals surface area contributed by atoms with Crippen molar-refractivity contribution in [3.8, 4) is 11.5 Å². The standard InChI is InChI=1S/C11H13NO4/c12-8(11(13)14)5-4-7-2-1-3-9-10(7)16-6-15-9/h1-3,8H,4-6,12H2,(H,13,14). The fraction of sp³-hybridized carbons (Fsp3) is 0.364. The van der Waals surface area contributed by atoms with Crippen molar-refractivity contribution in [2.45, 2.75) is 18.9 Å². The Kier molecular flexibility index (Phi) is 2.96. The van der Waals surface area contributed by atoms with Crippen LogP contribution in [-0.2, 0) is 11.2 Å². The first-order valence-electron chi connectivity index (χ1n) is 5.04. The fourth-order valence-electron chi connectivity index (χ4n) is 1.62. The quantitative estimate of drug-likeness (QED) is 0.787. The van der Waals surface area contributed by atoms with Crippen LogP contribution in [-0.4, -0.2) is 23.9 Å². The van der Waals surface area contributed by atoms with Crippen LogP contribution in [0.4, 0.5) is 0 Å². The van der Waals surface area contributed by atoms with Crippen molar-refractivity contribution in [3.05, 3.63) is 23.8 Å². The molecule has 1 aromatic rings. The average Bonchev–Trinajstić information content (AvgIpc) is 2.73. The Balaban J connectivity index is 2.05. The number of rotatable bonds is 4. The number of aliphatic carboxylic acids is 1. The number of hydrogen-bond acceptors (Lipinski definition) is 4. The molecule has 3 N–H and O–H groups in total. The maximum atomic E-state index is 10.6. The number of fused-ring (bicyclic) bond motifs is 1. The molecular formula is C11H13NO4. The van der Waals surface area contributed by atoms with Crippen LogP contribution in [0.1, 0.15) is 12.0 Å². The second-order valence-corrected chi connectivity index (χ2v) is 3.63. The van der Waals surface area contributed by atoms with E-state index in [0.717, 1.165) is 5.56 Å². The van der Waals surface area contributed by atoms with Gasteiger partial charge in [0.25, 0.3) is 0 Å². The summed E-state index contributed by atoms with van der Waals surface area (Å²) in [6.45, 7) is 0.220. The first-order valence-corrected chi connectivity index (χ1v) is 5.04. The van der Waals surface area contributed by atoms with Gasteiger partial charge in [0.15, 0.2) is 11.5 Å². The molecule has 1 aliphatic rings. The molecule has 0 spiro atoms. The van der Waals surface area contributed by atoms with E-state index in [1.807, 2.05) is 18.2 Å². The van der Waals surface area contributed by atoms with E-state index in [-0.39, 0.29) is 6.79 Å². The summed E-state index contributed by atoms with van der Waals surface area (Å²) in [4.78, 5) is 10.6. The molecule has 0 amide bonds. The molecular weight excluding hydrogens is 210 g/mol. The van der Waals surface area contributed by atoms with Crippen molar-refractivity contribution in [1.29, 1.82) is 0 Å². The van der Waals surface area contributed by atoms with Crippen LogP contribution in [0.25, 0.3) is 0 Å². The van der Waals surface area contributed by atoms with Crippen LogP contribution in [0.5, 0.6) is 11.5 Å². The largest absolute Gasteiger partial charge is 0.480 e. The number of carbonyl (C=O) groups is 1. The second-order valence-electron chi connectivity index (χ2n) is 3.63. The van der Waals surface area contributed by atoms with Gasteiger partial charge in [-0.3, -0.25) is 4.79 Å². The summed E-state index contributed by atoms with van der Waals surface area (Å²) in [5, 5.41) is 8.67. The van der Waals surface area contributed by atoms with Gasteiger partial charge in [-0.1, -0.05) is 12.1 Å². The highest BCUT2D eigenvalue weighted by atomic mass is 16.7. The maximum absolute atomic E-state index is 10.6. The van der Waals surface area contributed by atoms with Gasteiger partial charge in [0.1, 0.15) is 6.04 Å². The Morgan fingerprint density at radius 3 is 3.06 bits per heavy atom. The lowest BCUT2D eigenvalue weighted by Crippen LogP contribution is -2.30. The van der Waals surface area contributed by atoms with E-state index >= 15 is 0 Å². The molecule has 1 atom stereocenters. The van der Waals surface area contributed by atoms with Crippen LogP contribution in [0.15, 0.2) is 18.2 Å². The normalized spacial score (nSPS) is 14.8. The van der Waals surface area contributed by atoms with Crippen molar-refractivity contribution in [2.24, 2.45) is 5.73 Å². The summed E-state index contributed by atoms with van der Waals surface area (Å²) >= 11 is 0. The molecule has 0 saturated heterocycles. The number of benzene rings is 1. The van der Waals surface area contributed by atoms with Gasteiger partial charge < -0.3 is 20.3 Å². The molecule has 1 heterocycles. The maximum Gasteiger partial charge on any atom is 0.320 e. The minimum Gasteiger partial charge on any atom is -0.480 e. The zero-order valence-corrected chi connectivity index (χ0v) is 8.68. The molecule has 0 radical (unpaired) electrons. The van der Waals surface area contributed by atoms with Crippen LogP contribution < -0.4 is 15.2 Å². The number of ether oxygens (including phenoxy) is 2. The molecule has 1 unspecified atom stereocenters. The van der Waals surface area contributed by atoms with Crippen LogP contribution in [0, 0.1) is 0 Å². The van der Waals surface area contributed by atoms with E-state index in [0.29, 0.717) is 24.3 Å². The predicted molar refractivity (Wildman–Crippen MR) is 56.5 cm³/mol. The Morgan fingerprint density at radius 1 is 1.50 bits per heavy atom. The monoisotopic (exact) mass is 223 g/mol. The second kappa shape index (κ2) is 4.40. The summed E-state index contributed by atoms with van der Waals surface area (Å²) in [5.41, 5.74) is 6.37. The number of aryl methyl sites for hydroxylation is 1. The number of carboxylic acid groups (broad SMARTS) is 1. The fourth-order valence-corrected chi connectivity index (χ4v) is 1.62. The first-order chi connectivity index (χ1) is 7.68. The van der Waals surface area contributed by atoms with Crippen LogP contribution >= 0.6 is 0 Å². The summed E-state index contributed by atoms with van der Waals surface area (Å²) in [7, 11) is 0. The molecule has 5 heteroatoms. The smallest absolute Gasteiger partial charge is 0.320 e. The van der Waals surface area contributed by atoms with Crippen molar-refractivity contribution < 1.29 is 19.4 Å². The lowest BCUT2D eigenvalue weighted by Gasteiger charge is -2.08. The molecule has 0 fully saturated rings. The van der Waals surface area contributed by atoms with E-state index in [2.05, 4.69) is 0 Å². The third-order valence-corrected chi connectivity index (χ3v) is 2.52. The van der Waals surface area contributed by atoms with Crippen molar-refractivity contribution in [2.75, 3.05) is 6.79 Å². The predicted octanol–water partition coefficient (Wildman–Crippen LogP) is 0.760. The van der Waals surface area contributed by atoms with Gasteiger partial charge in [-0.2, -0.15) is 0 Å². The first kappa shape index (κ1) is 10.8. The number of hydrogen-bond donors (Lipinski definition) is 2. The third kappa shape index (κ3) is 2.09. The molecule has 2 rings (SSSR count). The summed E-state index contributed by atoms with van der Waals surface area (Å²) in [6, 6.07) is 4.73. The third-order valence-electron chi connectivity index (χ3n) is 2.52. The Bertz CT molecular complexity index is 405. The van der Waals surface area contributed by atoms with E-state index in [1.165, 1.54) is 0 Å². The molecule has 86 valence electrons. The minimum absolute atomic E-state index is 0.220. The van der Waals surface area contributed by atoms with Gasteiger partial charge >= 0.3 is 5.97 Å². The number of nitrogens with two attached hydrogens (primary N) is 1. The number of carboxylic acids is 1. The molecule has 5 nitrogen and oxygen atoms in total. The Hall–Kier alpha value is -1.75. The molecule has 0 saturated carbocycles. The van der Waals surface area contributed by atoms with Gasteiger partial charge in [-0.25, -0.2) is 0 Å². The topological polar surface area (TPSA) is 81.8 Å². The number of para-hydroxylation sites is 1. The molecule has 0 aromatic heterocycles. The molecule has 1 aromatic carbocycles. The van der Waals surface area contributed by atoms with Gasteiger partial charge in [0.05, 0.1) is 0 Å². The van der Waals surface area contributed by atoms with Crippen LogP contribution in [0.3, 0.4) is 0 Å². The van der Waals surface area contributed by atoms with Gasteiger partial charge in [-0.15, -0.1) is 0 Å². The average molecular weight is 223 g/mol. The van der Waals surface area contributed by atoms with E-state index in [1.54, 1.807) is 0 Å². The summed E-state index contributed by atoms with van der Waals surface area (Å²) < 4.78 is 10.5. The van der Waals surface area contributed by atoms with Crippen molar-refractivity contribution >= 4 is 5.97 Å². The van der Waals surface area contributed by atoms with Gasteiger partial charge in [-0.05, 0) is 24.5 Å². The lowest BCUT2D eigenvalue weighted by molar-refractivity contribution is -0.138. The van der Waals surface area contributed by atoms with Gasteiger partial charge in [0, 0.05) is 0 Å². The molecule has 1 aliphatic heterocycles. The molecule has 16 heavy (non-hydrogen) atoms. The highest BCUT2D eigenvalue weighted by Gasteiger charge is 2.18. The zero-order chi connectivity index (χ0) is 11.5. The lowest BCUT2D eigenvalue weighted by atomic mass is 10.0. The minimum atomic E-state index is -0.982. The highest BCUT2D eigenvalue weighted by molar-refractivity contribution is 5.73. The summed E-state index contributed by atoms with van der Waals surface area (Å²) in [5.74, 6) is 0.436. The van der Waals surface area contributed by atoms with E-state index in [9.17, 15) is 4.79 Å². The SMILES string of the molecule is NC(CCc1cccc2c1OCO2)C(=O)O. The zero-order valence-electron chi connectivity index (χ0n) is 8.68. The van der Waals surface area contributed by atoms with E-state index in [4.69, 9.17) is 20.3 Å². The Labute approximate surface area is 92.8 Å². The molecule has 0 bridgehead atoms. The highest BCUT2D eigenvalue weighted by Crippen LogP contribution is 2.35. The van der Waals surface area contributed by atoms with Gasteiger partial charge in [0.2, 0.25) is 6.79 Å². The van der Waals surface area contributed by atoms with Crippen LogP contribution in [0.2, 0.25) is 0 Å². The van der Waals surface area contributed by atoms with Crippen molar-refractivity contribution in [3.63, 3.8) is 0 Å². The van der Waals surface area contributed by atoms with E-state index < -0.39 is 12.0 Å². The summed E-state index contributed by atoms with van der Waals surface area (Å²) in [6.07, 6.45) is 0.954. The molecule has 0 aliphatic carbocycles. The van der Waals surface area contributed by atoms with Crippen molar-refractivity contribution in [1.82, 2.24) is 0 Å².